The molecule has 0 aromatic rings. The molecule has 4 aliphatic carbocycles. The minimum absolute atomic E-state index is 0.0159. The number of fused-ring (bicyclic) bond motifs is 5. The molecule has 0 aromatic carbocycles. The zero-order valence-electron chi connectivity index (χ0n) is 15.9. The topological polar surface area (TPSA) is 51.2 Å². The van der Waals surface area contributed by atoms with Crippen molar-refractivity contribution in [1.82, 2.24) is 0 Å². The summed E-state index contributed by atoms with van der Waals surface area (Å²) >= 11 is 0. The van der Waals surface area contributed by atoms with Gasteiger partial charge in [0.25, 0.3) is 0 Å². The molecule has 0 aliphatic heterocycles. The molecule has 0 heterocycles. The van der Waals surface area contributed by atoms with Gasteiger partial charge in [-0.05, 0) is 67.8 Å². The second-order valence-electron chi connectivity index (χ2n) is 9.77. The Balaban J connectivity index is 1.74. The summed E-state index contributed by atoms with van der Waals surface area (Å²) in [5.74, 6) is 1.83. The molecule has 0 amide bonds. The van der Waals surface area contributed by atoms with Crippen LogP contribution in [0, 0.1) is 40.4 Å². The number of rotatable bonds is 1. The van der Waals surface area contributed by atoms with Crippen molar-refractivity contribution < 1.29 is 14.4 Å². The van der Waals surface area contributed by atoms with Crippen LogP contribution in [0.5, 0.6) is 0 Å². The summed E-state index contributed by atoms with van der Waals surface area (Å²) in [5.41, 5.74) is 0.927. The van der Waals surface area contributed by atoms with Gasteiger partial charge in [-0.3, -0.25) is 14.4 Å². The number of allylic oxidation sites excluding steroid dienone is 1. The molecule has 0 aromatic heterocycles. The fraction of sp³-hybridized carbons (Fsp3) is 0.773. The predicted octanol–water partition coefficient (Wildman–Crippen LogP) is 4.15. The Morgan fingerprint density at radius 3 is 2.56 bits per heavy atom. The highest BCUT2D eigenvalue weighted by atomic mass is 16.1. The van der Waals surface area contributed by atoms with Gasteiger partial charge in [-0.2, -0.15) is 0 Å². The van der Waals surface area contributed by atoms with Gasteiger partial charge in [0.1, 0.15) is 11.6 Å². The molecule has 3 heteroatoms. The van der Waals surface area contributed by atoms with Crippen molar-refractivity contribution in [2.75, 3.05) is 0 Å². The Morgan fingerprint density at radius 1 is 1.16 bits per heavy atom. The van der Waals surface area contributed by atoms with Gasteiger partial charge in [0, 0.05) is 24.2 Å². The van der Waals surface area contributed by atoms with Crippen LogP contribution >= 0.6 is 0 Å². The van der Waals surface area contributed by atoms with Crippen LogP contribution in [-0.4, -0.2) is 17.3 Å². The van der Waals surface area contributed by atoms with Gasteiger partial charge in [0.15, 0.2) is 5.78 Å². The zero-order valence-corrected chi connectivity index (χ0v) is 15.9. The maximum Gasteiger partial charge on any atom is 0.158 e. The van der Waals surface area contributed by atoms with E-state index in [9.17, 15) is 14.4 Å². The van der Waals surface area contributed by atoms with E-state index in [-0.39, 0.29) is 40.2 Å². The molecular weight excluding hydrogens is 312 g/mol. The summed E-state index contributed by atoms with van der Waals surface area (Å²) in [5, 5.41) is 0. The average molecular weight is 342 g/mol. The highest BCUT2D eigenvalue weighted by Crippen LogP contribution is 2.65. The monoisotopic (exact) mass is 342 g/mol. The smallest absolute Gasteiger partial charge is 0.158 e. The first-order valence-electron chi connectivity index (χ1n) is 9.96. The Bertz CT molecular complexity index is 689. The quantitative estimate of drug-likeness (QED) is 0.719. The lowest BCUT2D eigenvalue weighted by molar-refractivity contribution is -0.148. The first kappa shape index (κ1) is 17.2. The van der Waals surface area contributed by atoms with E-state index in [0.717, 1.165) is 32.1 Å². The molecule has 3 nitrogen and oxygen atoms in total. The molecular formula is C22H30O3. The van der Waals surface area contributed by atoms with Crippen LogP contribution in [0.3, 0.4) is 0 Å². The number of Topliss-reactive ketones (excluding diaryl/α,β-unsaturated/α-hetero) is 2. The number of hydrogen-bond donors (Lipinski definition) is 0. The standard InChI is InChI=1S/C22H30O3/c1-12-10-21(3)14(9-18(12)24)5-6-15-17-8-7-16(13(2)23)22(17,4)11-19(25)20(15)21/h9,12,15-17,20H,5-8,10-11H2,1-4H3/t12?,15-,16+,17-,20+,21-,22+/m0/s1. The third-order valence-corrected chi connectivity index (χ3v) is 8.45. The molecule has 7 atom stereocenters. The Labute approximate surface area is 150 Å². The summed E-state index contributed by atoms with van der Waals surface area (Å²) in [4.78, 5) is 37.7. The van der Waals surface area contributed by atoms with Crippen LogP contribution in [0.4, 0.5) is 0 Å². The van der Waals surface area contributed by atoms with Crippen molar-refractivity contribution in [2.45, 2.75) is 66.2 Å². The molecule has 0 spiro atoms. The summed E-state index contributed by atoms with van der Waals surface area (Å²) in [7, 11) is 0. The van der Waals surface area contributed by atoms with Crippen LogP contribution in [-0.2, 0) is 14.4 Å². The molecule has 3 saturated carbocycles. The summed E-state index contributed by atoms with van der Waals surface area (Å²) in [6, 6.07) is 0. The van der Waals surface area contributed by atoms with E-state index < -0.39 is 0 Å². The van der Waals surface area contributed by atoms with Crippen molar-refractivity contribution >= 4 is 17.3 Å². The number of carbonyl (C=O) groups excluding carboxylic acids is 3. The molecule has 0 saturated heterocycles. The van der Waals surface area contributed by atoms with Gasteiger partial charge in [-0.1, -0.05) is 26.3 Å². The van der Waals surface area contributed by atoms with E-state index in [1.165, 1.54) is 5.57 Å². The predicted molar refractivity (Wildman–Crippen MR) is 95.8 cm³/mol. The summed E-state index contributed by atoms with van der Waals surface area (Å²) in [6.07, 6.45) is 7.20. The average Bonchev–Trinajstić information content (AvgIpc) is 2.85. The Kier molecular flexibility index (Phi) is 3.69. The third-order valence-electron chi connectivity index (χ3n) is 8.45. The van der Waals surface area contributed by atoms with E-state index in [1.54, 1.807) is 6.92 Å². The Morgan fingerprint density at radius 2 is 1.88 bits per heavy atom. The van der Waals surface area contributed by atoms with Crippen LogP contribution in [0.2, 0.25) is 0 Å². The molecule has 25 heavy (non-hydrogen) atoms. The first-order chi connectivity index (χ1) is 11.7. The normalized spacial score (nSPS) is 49.1. The fourth-order valence-electron chi connectivity index (χ4n) is 7.39. The number of hydrogen-bond acceptors (Lipinski definition) is 3. The van der Waals surface area contributed by atoms with Gasteiger partial charge >= 0.3 is 0 Å². The first-order valence-corrected chi connectivity index (χ1v) is 9.96. The molecule has 1 unspecified atom stereocenters. The van der Waals surface area contributed by atoms with Crippen LogP contribution in [0.1, 0.15) is 66.2 Å². The fourth-order valence-corrected chi connectivity index (χ4v) is 7.39. The van der Waals surface area contributed by atoms with Gasteiger partial charge in [0.05, 0.1) is 0 Å². The van der Waals surface area contributed by atoms with Crippen LogP contribution < -0.4 is 0 Å². The second kappa shape index (κ2) is 5.37. The molecule has 4 aliphatic rings. The van der Waals surface area contributed by atoms with E-state index in [2.05, 4.69) is 13.8 Å². The minimum Gasteiger partial charge on any atom is -0.300 e. The largest absolute Gasteiger partial charge is 0.300 e. The molecule has 3 fully saturated rings. The summed E-state index contributed by atoms with van der Waals surface area (Å²) < 4.78 is 0. The van der Waals surface area contributed by atoms with E-state index in [1.807, 2.05) is 13.0 Å². The zero-order chi connectivity index (χ0) is 18.1. The lowest BCUT2D eigenvalue weighted by Crippen LogP contribution is -2.56. The number of carbonyl (C=O) groups is 3. The molecule has 0 bridgehead atoms. The number of ketones is 3. The highest BCUT2D eigenvalue weighted by Gasteiger charge is 2.63. The van der Waals surface area contributed by atoms with Crippen molar-refractivity contribution in [2.24, 2.45) is 40.4 Å². The maximum atomic E-state index is 13.4. The van der Waals surface area contributed by atoms with Crippen molar-refractivity contribution in [3.05, 3.63) is 11.6 Å². The van der Waals surface area contributed by atoms with Crippen molar-refractivity contribution in [3.63, 3.8) is 0 Å². The van der Waals surface area contributed by atoms with Gasteiger partial charge < -0.3 is 0 Å². The van der Waals surface area contributed by atoms with Gasteiger partial charge in [0.2, 0.25) is 0 Å². The van der Waals surface area contributed by atoms with E-state index >= 15 is 0 Å². The minimum atomic E-state index is -0.150. The lowest BCUT2D eigenvalue weighted by Gasteiger charge is -2.57. The van der Waals surface area contributed by atoms with Crippen LogP contribution in [0.15, 0.2) is 11.6 Å². The molecule has 0 N–H and O–H groups in total. The van der Waals surface area contributed by atoms with Crippen molar-refractivity contribution in [1.29, 1.82) is 0 Å². The molecule has 4 rings (SSSR count). The SMILES string of the molecule is CC(=O)[C@H]1CC[C@H]2[C@@H]3CCC4=CC(=O)C(C)C[C@]4(C)[C@H]3C(=O)C[C@]12C. The van der Waals surface area contributed by atoms with E-state index in [4.69, 9.17) is 0 Å². The van der Waals surface area contributed by atoms with Gasteiger partial charge in [-0.15, -0.1) is 0 Å². The lowest BCUT2D eigenvalue weighted by atomic mass is 9.45. The molecule has 0 radical (unpaired) electrons. The highest BCUT2D eigenvalue weighted by molar-refractivity contribution is 5.94. The van der Waals surface area contributed by atoms with E-state index in [0.29, 0.717) is 24.0 Å². The summed E-state index contributed by atoms with van der Waals surface area (Å²) in [6.45, 7) is 8.14. The van der Waals surface area contributed by atoms with Crippen LogP contribution in [0.25, 0.3) is 0 Å². The van der Waals surface area contributed by atoms with Crippen molar-refractivity contribution in [3.8, 4) is 0 Å². The van der Waals surface area contributed by atoms with Gasteiger partial charge in [-0.25, -0.2) is 0 Å². The third kappa shape index (κ3) is 2.20. The maximum absolute atomic E-state index is 13.4. The second-order valence-corrected chi connectivity index (χ2v) is 9.77. The molecule has 136 valence electrons. The Hall–Kier alpha value is -1.25.